The van der Waals surface area contributed by atoms with Gasteiger partial charge in [0.1, 0.15) is 0 Å². The Morgan fingerprint density at radius 2 is 1.65 bits per heavy atom. The molecular formula is C15H15NO3S. The van der Waals surface area contributed by atoms with Crippen molar-refractivity contribution in [3.63, 3.8) is 0 Å². The van der Waals surface area contributed by atoms with Crippen LogP contribution in [-0.4, -0.2) is 14.2 Å². The Bertz CT molecular complexity index is 734. The molecule has 0 amide bonds. The highest BCUT2D eigenvalue weighted by Crippen LogP contribution is 2.18. The predicted octanol–water partition coefficient (Wildman–Crippen LogP) is 2.13. The van der Waals surface area contributed by atoms with Crippen LogP contribution in [0.15, 0.2) is 53.4 Å². The lowest BCUT2D eigenvalue weighted by Gasteiger charge is -2.08. The summed E-state index contributed by atoms with van der Waals surface area (Å²) in [4.78, 5) is 11.3. The largest absolute Gasteiger partial charge is 0.295 e. The zero-order chi connectivity index (χ0) is 14.8. The predicted molar refractivity (Wildman–Crippen MR) is 77.1 cm³/mol. The number of hydrogen-bond acceptors (Lipinski definition) is 3. The van der Waals surface area contributed by atoms with Crippen LogP contribution in [0.25, 0.3) is 0 Å². The fraction of sp³-hybridized carbons (Fsp3) is 0.133. The van der Waals surface area contributed by atoms with Crippen LogP contribution in [0, 0.1) is 0 Å². The highest BCUT2D eigenvalue weighted by Gasteiger charge is 2.13. The third kappa shape index (κ3) is 3.31. The molecule has 0 aromatic heterocycles. The lowest BCUT2D eigenvalue weighted by molar-refractivity contribution is 0.101. The van der Waals surface area contributed by atoms with Gasteiger partial charge in [-0.1, -0.05) is 42.5 Å². The standard InChI is InChI=1S/C15H15NO3S/c1-11(17)13-8-6-12(7-9-13)10-14-4-2-3-5-15(14)20(16,18)19/h2-9H,10H2,1H3,(H2,16,18,19). The summed E-state index contributed by atoms with van der Waals surface area (Å²) in [5, 5.41) is 5.20. The molecule has 5 heteroatoms. The summed E-state index contributed by atoms with van der Waals surface area (Å²) in [6, 6.07) is 13.7. The van der Waals surface area contributed by atoms with Crippen LogP contribution in [0.1, 0.15) is 28.4 Å². The van der Waals surface area contributed by atoms with E-state index in [-0.39, 0.29) is 10.7 Å². The number of carbonyl (C=O) groups excluding carboxylic acids is 1. The second-order valence-corrected chi connectivity index (χ2v) is 6.11. The molecule has 4 nitrogen and oxygen atoms in total. The Morgan fingerprint density at radius 1 is 1.05 bits per heavy atom. The molecule has 0 radical (unpaired) electrons. The van der Waals surface area contributed by atoms with Gasteiger partial charge >= 0.3 is 0 Å². The molecule has 0 heterocycles. The van der Waals surface area contributed by atoms with Crippen LogP contribution in [0.5, 0.6) is 0 Å². The molecule has 2 aromatic rings. The summed E-state index contributed by atoms with van der Waals surface area (Å²) in [5.41, 5.74) is 2.20. The van der Waals surface area contributed by atoms with Crippen LogP contribution in [0.3, 0.4) is 0 Å². The van der Waals surface area contributed by atoms with E-state index in [9.17, 15) is 13.2 Å². The monoisotopic (exact) mass is 289 g/mol. The molecule has 0 bridgehead atoms. The third-order valence-electron chi connectivity index (χ3n) is 3.03. The lowest BCUT2D eigenvalue weighted by Crippen LogP contribution is -2.14. The van der Waals surface area contributed by atoms with Crippen molar-refractivity contribution < 1.29 is 13.2 Å². The molecule has 20 heavy (non-hydrogen) atoms. The van der Waals surface area contributed by atoms with E-state index in [0.717, 1.165) is 5.56 Å². The van der Waals surface area contributed by atoms with Crippen molar-refractivity contribution in [3.05, 3.63) is 65.2 Å². The topological polar surface area (TPSA) is 77.2 Å². The molecule has 0 aliphatic carbocycles. The minimum absolute atomic E-state index is 0.00138. The number of benzene rings is 2. The highest BCUT2D eigenvalue weighted by molar-refractivity contribution is 7.89. The molecule has 2 rings (SSSR count). The number of carbonyl (C=O) groups is 1. The molecular weight excluding hydrogens is 274 g/mol. The van der Waals surface area contributed by atoms with Crippen LogP contribution >= 0.6 is 0 Å². The minimum Gasteiger partial charge on any atom is -0.295 e. The number of hydrogen-bond donors (Lipinski definition) is 1. The first-order valence-corrected chi connectivity index (χ1v) is 7.63. The number of ketones is 1. The van der Waals surface area contributed by atoms with E-state index in [0.29, 0.717) is 17.5 Å². The van der Waals surface area contributed by atoms with Gasteiger partial charge in [-0.05, 0) is 30.5 Å². The first kappa shape index (κ1) is 14.4. The first-order chi connectivity index (χ1) is 9.38. The second-order valence-electron chi connectivity index (χ2n) is 4.58. The van der Waals surface area contributed by atoms with Crippen molar-refractivity contribution in [2.24, 2.45) is 5.14 Å². The molecule has 0 aliphatic heterocycles. The quantitative estimate of drug-likeness (QED) is 0.876. The second kappa shape index (κ2) is 5.56. The van der Waals surface area contributed by atoms with Gasteiger partial charge in [0.15, 0.2) is 5.78 Å². The molecule has 104 valence electrons. The Labute approximate surface area is 118 Å². The molecule has 0 saturated carbocycles. The normalized spacial score (nSPS) is 11.3. The van der Waals surface area contributed by atoms with E-state index < -0.39 is 10.0 Å². The molecule has 2 aromatic carbocycles. The summed E-state index contributed by atoms with van der Waals surface area (Å²) in [6.07, 6.45) is 0.449. The van der Waals surface area contributed by atoms with Gasteiger partial charge in [-0.25, -0.2) is 13.6 Å². The van der Waals surface area contributed by atoms with Crippen molar-refractivity contribution in [2.45, 2.75) is 18.2 Å². The summed E-state index contributed by atoms with van der Waals surface area (Å²) >= 11 is 0. The van der Waals surface area contributed by atoms with Crippen LogP contribution in [-0.2, 0) is 16.4 Å². The number of rotatable bonds is 4. The molecule has 0 aliphatic rings. The maximum Gasteiger partial charge on any atom is 0.238 e. The van der Waals surface area contributed by atoms with E-state index >= 15 is 0 Å². The van der Waals surface area contributed by atoms with E-state index in [1.807, 2.05) is 12.1 Å². The number of primary sulfonamides is 1. The minimum atomic E-state index is -3.73. The summed E-state index contributed by atoms with van der Waals surface area (Å²) < 4.78 is 23.0. The Morgan fingerprint density at radius 3 is 2.20 bits per heavy atom. The average Bonchev–Trinajstić information content (AvgIpc) is 2.38. The fourth-order valence-electron chi connectivity index (χ4n) is 2.00. The summed E-state index contributed by atoms with van der Waals surface area (Å²) in [5.74, 6) is 0.00138. The molecule has 0 fully saturated rings. The molecule has 0 atom stereocenters. The van der Waals surface area contributed by atoms with Gasteiger partial charge in [0.25, 0.3) is 0 Å². The third-order valence-corrected chi connectivity index (χ3v) is 4.05. The van der Waals surface area contributed by atoms with Crippen LogP contribution < -0.4 is 5.14 Å². The van der Waals surface area contributed by atoms with Crippen molar-refractivity contribution in [1.29, 1.82) is 0 Å². The van der Waals surface area contributed by atoms with Gasteiger partial charge in [0.2, 0.25) is 10.0 Å². The van der Waals surface area contributed by atoms with Gasteiger partial charge in [-0.2, -0.15) is 0 Å². The number of sulfonamides is 1. The van der Waals surface area contributed by atoms with Crippen molar-refractivity contribution in [2.75, 3.05) is 0 Å². The zero-order valence-corrected chi connectivity index (χ0v) is 11.9. The number of nitrogens with two attached hydrogens (primary N) is 1. The summed E-state index contributed by atoms with van der Waals surface area (Å²) in [7, 11) is -3.73. The first-order valence-electron chi connectivity index (χ1n) is 6.08. The van der Waals surface area contributed by atoms with Crippen molar-refractivity contribution in [1.82, 2.24) is 0 Å². The molecule has 2 N–H and O–H groups in total. The molecule has 0 spiro atoms. The van der Waals surface area contributed by atoms with E-state index in [1.165, 1.54) is 13.0 Å². The Hall–Kier alpha value is -1.98. The van der Waals surface area contributed by atoms with Gasteiger partial charge in [-0.3, -0.25) is 4.79 Å². The zero-order valence-electron chi connectivity index (χ0n) is 11.0. The van der Waals surface area contributed by atoms with Gasteiger partial charge < -0.3 is 0 Å². The van der Waals surface area contributed by atoms with Crippen molar-refractivity contribution >= 4 is 15.8 Å². The van der Waals surface area contributed by atoms with Crippen LogP contribution in [0.2, 0.25) is 0 Å². The summed E-state index contributed by atoms with van der Waals surface area (Å²) in [6.45, 7) is 1.51. The van der Waals surface area contributed by atoms with Gasteiger partial charge in [-0.15, -0.1) is 0 Å². The maximum atomic E-state index is 11.5. The van der Waals surface area contributed by atoms with E-state index in [4.69, 9.17) is 5.14 Å². The average molecular weight is 289 g/mol. The molecule has 0 unspecified atom stereocenters. The SMILES string of the molecule is CC(=O)c1ccc(Cc2ccccc2S(N)(=O)=O)cc1. The highest BCUT2D eigenvalue weighted by atomic mass is 32.2. The van der Waals surface area contributed by atoms with E-state index in [1.54, 1.807) is 30.3 Å². The lowest BCUT2D eigenvalue weighted by atomic mass is 10.0. The van der Waals surface area contributed by atoms with E-state index in [2.05, 4.69) is 0 Å². The Kier molecular flexibility index (Phi) is 4.01. The maximum absolute atomic E-state index is 11.5. The van der Waals surface area contributed by atoms with Crippen LogP contribution in [0.4, 0.5) is 0 Å². The van der Waals surface area contributed by atoms with Crippen molar-refractivity contribution in [3.8, 4) is 0 Å². The molecule has 0 saturated heterocycles. The Balaban J connectivity index is 2.33. The van der Waals surface area contributed by atoms with Gasteiger partial charge in [0.05, 0.1) is 4.90 Å². The fourth-order valence-corrected chi connectivity index (χ4v) is 2.78. The number of Topliss-reactive ketones (excluding diaryl/α,β-unsaturated/α-hetero) is 1. The van der Waals surface area contributed by atoms with Gasteiger partial charge in [0, 0.05) is 5.56 Å². The smallest absolute Gasteiger partial charge is 0.238 e.